The van der Waals surface area contributed by atoms with Gasteiger partial charge in [0.25, 0.3) is 0 Å². The van der Waals surface area contributed by atoms with E-state index < -0.39 is 0 Å². The maximum atomic E-state index is 6.05. The van der Waals surface area contributed by atoms with Gasteiger partial charge in [0.05, 0.1) is 6.10 Å². The summed E-state index contributed by atoms with van der Waals surface area (Å²) in [6, 6.07) is 6.49. The molecule has 0 radical (unpaired) electrons. The predicted octanol–water partition coefficient (Wildman–Crippen LogP) is 4.60. The Labute approximate surface area is 156 Å². The first-order valence-corrected chi connectivity index (χ1v) is 9.72. The minimum absolute atomic E-state index is 0.267. The highest BCUT2D eigenvalue weighted by atomic mass is 16.7. The summed E-state index contributed by atoms with van der Waals surface area (Å²) in [7, 11) is 3.35. The van der Waals surface area contributed by atoms with Crippen molar-refractivity contribution in [1.29, 1.82) is 0 Å². The molecule has 0 bridgehead atoms. The van der Waals surface area contributed by atoms with Gasteiger partial charge in [-0.3, -0.25) is 0 Å². The quantitative estimate of drug-likeness (QED) is 0.697. The highest BCUT2D eigenvalue weighted by molar-refractivity contribution is 5.61. The molecule has 2 fully saturated rings. The SMILES string of the molecule is COCOc1ccc2c(c1)C=C[C@@H]1[C@@H]2CC[C@]2(C)[C@@H](OCOC)CC[C@@H]12. The number of ether oxygens (including phenoxy) is 4. The second-order valence-electron chi connectivity index (χ2n) is 8.17. The topological polar surface area (TPSA) is 36.9 Å². The second-order valence-corrected chi connectivity index (χ2v) is 8.17. The van der Waals surface area contributed by atoms with Crippen molar-refractivity contribution in [2.45, 2.75) is 44.6 Å². The Morgan fingerprint density at radius 1 is 1.08 bits per heavy atom. The third kappa shape index (κ3) is 2.98. The van der Waals surface area contributed by atoms with Crippen LogP contribution in [0.5, 0.6) is 5.75 Å². The largest absolute Gasteiger partial charge is 0.468 e. The minimum Gasteiger partial charge on any atom is -0.468 e. The molecule has 0 aliphatic heterocycles. The number of hydrogen-bond donors (Lipinski definition) is 0. The van der Waals surface area contributed by atoms with E-state index in [-0.39, 0.29) is 12.2 Å². The summed E-state index contributed by atoms with van der Waals surface area (Å²) < 4.78 is 21.8. The number of rotatable bonds is 6. The van der Waals surface area contributed by atoms with Gasteiger partial charge in [0.2, 0.25) is 0 Å². The summed E-state index contributed by atoms with van der Waals surface area (Å²) in [5.41, 5.74) is 3.04. The molecule has 0 aromatic heterocycles. The number of hydrogen-bond acceptors (Lipinski definition) is 4. The lowest BCUT2D eigenvalue weighted by atomic mass is 9.57. The van der Waals surface area contributed by atoms with E-state index in [4.69, 9.17) is 18.9 Å². The van der Waals surface area contributed by atoms with E-state index in [0.717, 1.165) is 12.2 Å². The Bertz CT molecular complexity index is 670. The van der Waals surface area contributed by atoms with Crippen molar-refractivity contribution in [3.63, 3.8) is 0 Å². The fourth-order valence-electron chi connectivity index (χ4n) is 5.67. The average Bonchev–Trinajstić information content (AvgIpc) is 3.00. The van der Waals surface area contributed by atoms with Crippen molar-refractivity contribution in [2.75, 3.05) is 27.8 Å². The van der Waals surface area contributed by atoms with E-state index >= 15 is 0 Å². The van der Waals surface area contributed by atoms with E-state index in [0.29, 0.717) is 30.7 Å². The Balaban J connectivity index is 1.55. The number of methoxy groups -OCH3 is 2. The molecule has 0 unspecified atom stereocenters. The third-order valence-corrected chi connectivity index (χ3v) is 6.93. The molecule has 0 heterocycles. The molecule has 0 N–H and O–H groups in total. The second kappa shape index (κ2) is 7.34. The maximum absolute atomic E-state index is 6.05. The van der Waals surface area contributed by atoms with Crippen molar-refractivity contribution in [3.05, 3.63) is 35.4 Å². The van der Waals surface area contributed by atoms with Gasteiger partial charge >= 0.3 is 0 Å². The summed E-state index contributed by atoms with van der Waals surface area (Å²) >= 11 is 0. The van der Waals surface area contributed by atoms with Gasteiger partial charge in [0.1, 0.15) is 12.5 Å². The molecule has 0 spiro atoms. The van der Waals surface area contributed by atoms with E-state index in [1.807, 2.05) is 0 Å². The molecule has 3 aliphatic carbocycles. The molecule has 0 amide bonds. The van der Waals surface area contributed by atoms with Gasteiger partial charge in [-0.2, -0.15) is 0 Å². The van der Waals surface area contributed by atoms with Crippen LogP contribution in [0.25, 0.3) is 6.08 Å². The van der Waals surface area contributed by atoms with E-state index in [2.05, 4.69) is 37.3 Å². The van der Waals surface area contributed by atoms with Gasteiger partial charge in [-0.25, -0.2) is 0 Å². The zero-order valence-corrected chi connectivity index (χ0v) is 16.1. The van der Waals surface area contributed by atoms with Gasteiger partial charge in [-0.05, 0) is 72.1 Å². The molecule has 2 saturated carbocycles. The lowest BCUT2D eigenvalue weighted by Crippen LogP contribution is -2.43. The first-order valence-electron chi connectivity index (χ1n) is 9.72. The molecular formula is C22H30O4. The smallest absolute Gasteiger partial charge is 0.188 e. The van der Waals surface area contributed by atoms with E-state index in [1.54, 1.807) is 14.2 Å². The average molecular weight is 358 g/mol. The van der Waals surface area contributed by atoms with Crippen LogP contribution in [-0.2, 0) is 14.2 Å². The van der Waals surface area contributed by atoms with Crippen LogP contribution in [0.2, 0.25) is 0 Å². The summed E-state index contributed by atoms with van der Waals surface area (Å²) in [5.74, 6) is 2.80. The predicted molar refractivity (Wildman–Crippen MR) is 101 cm³/mol. The van der Waals surface area contributed by atoms with Crippen LogP contribution in [0.15, 0.2) is 24.3 Å². The van der Waals surface area contributed by atoms with Gasteiger partial charge in [-0.15, -0.1) is 0 Å². The molecule has 3 aliphatic rings. The Kier molecular flexibility index (Phi) is 5.09. The molecule has 0 saturated heterocycles. The van der Waals surface area contributed by atoms with E-state index in [9.17, 15) is 0 Å². The first kappa shape index (κ1) is 18.0. The summed E-state index contributed by atoms with van der Waals surface area (Å²) in [4.78, 5) is 0. The highest BCUT2D eigenvalue weighted by Gasteiger charge is 2.54. The van der Waals surface area contributed by atoms with Crippen LogP contribution in [0.4, 0.5) is 0 Å². The number of allylic oxidation sites excluding steroid dienone is 1. The molecule has 142 valence electrons. The van der Waals surface area contributed by atoms with Crippen molar-refractivity contribution in [2.24, 2.45) is 17.3 Å². The monoisotopic (exact) mass is 358 g/mol. The van der Waals surface area contributed by atoms with Crippen LogP contribution in [0, 0.1) is 17.3 Å². The third-order valence-electron chi connectivity index (χ3n) is 6.93. The van der Waals surface area contributed by atoms with Crippen molar-refractivity contribution in [1.82, 2.24) is 0 Å². The molecule has 4 nitrogen and oxygen atoms in total. The zero-order valence-electron chi connectivity index (χ0n) is 16.1. The van der Waals surface area contributed by atoms with Crippen molar-refractivity contribution < 1.29 is 18.9 Å². The van der Waals surface area contributed by atoms with Crippen molar-refractivity contribution in [3.8, 4) is 5.75 Å². The lowest BCUT2D eigenvalue weighted by Gasteiger charge is -2.49. The Hall–Kier alpha value is -1.36. The summed E-state index contributed by atoms with van der Waals surface area (Å²) in [6.45, 7) is 3.13. The fourth-order valence-corrected chi connectivity index (χ4v) is 5.67. The number of fused-ring (bicyclic) bond motifs is 5. The van der Waals surface area contributed by atoms with Crippen molar-refractivity contribution >= 4 is 6.08 Å². The summed E-state index contributed by atoms with van der Waals surface area (Å²) in [6.07, 6.45) is 9.92. The molecular weight excluding hydrogens is 328 g/mol. The fraction of sp³-hybridized carbons (Fsp3) is 0.636. The highest BCUT2D eigenvalue weighted by Crippen LogP contribution is 2.60. The Morgan fingerprint density at radius 3 is 2.73 bits per heavy atom. The summed E-state index contributed by atoms with van der Waals surface area (Å²) in [5, 5.41) is 0. The standard InChI is InChI=1S/C22H30O4/c1-22-11-10-18-17-7-5-16(25-13-23-2)12-15(17)4-6-19(18)20(22)8-9-21(22)26-14-24-3/h4-7,12,18-21H,8-11,13-14H2,1-3H3/t18-,19-,20+,21+,22+/m1/s1. The first-order chi connectivity index (χ1) is 12.7. The molecule has 4 rings (SSSR count). The van der Waals surface area contributed by atoms with Crippen LogP contribution < -0.4 is 4.74 Å². The van der Waals surface area contributed by atoms with Crippen LogP contribution in [0.1, 0.15) is 49.7 Å². The van der Waals surface area contributed by atoms with Crippen LogP contribution >= 0.6 is 0 Å². The molecule has 1 aromatic carbocycles. The van der Waals surface area contributed by atoms with Crippen LogP contribution in [0.3, 0.4) is 0 Å². The van der Waals surface area contributed by atoms with Gasteiger partial charge in [0.15, 0.2) is 6.79 Å². The zero-order chi connectivity index (χ0) is 18.1. The molecule has 5 atom stereocenters. The number of benzene rings is 1. The van der Waals surface area contributed by atoms with Gasteiger partial charge in [0, 0.05) is 14.2 Å². The van der Waals surface area contributed by atoms with Crippen LogP contribution in [-0.4, -0.2) is 33.9 Å². The van der Waals surface area contributed by atoms with Gasteiger partial charge in [-0.1, -0.05) is 25.1 Å². The Morgan fingerprint density at radius 2 is 1.92 bits per heavy atom. The molecule has 1 aromatic rings. The maximum Gasteiger partial charge on any atom is 0.188 e. The molecule has 4 heteroatoms. The molecule has 26 heavy (non-hydrogen) atoms. The van der Waals surface area contributed by atoms with E-state index in [1.165, 1.54) is 30.4 Å². The van der Waals surface area contributed by atoms with Gasteiger partial charge < -0.3 is 18.9 Å². The normalized spacial score (nSPS) is 34.9. The lowest BCUT2D eigenvalue weighted by molar-refractivity contribution is -0.122. The minimum atomic E-state index is 0.267.